The maximum absolute atomic E-state index is 13.2. The average Bonchev–Trinajstić information content (AvgIpc) is 2.81. The molecule has 0 atom stereocenters. The SMILES string of the molecule is CCn1ccnc1C(=O)c1cc(N)c(F)cc1Br. The predicted molar refractivity (Wildman–Crippen MR) is 69.8 cm³/mol. The molecule has 0 aliphatic carbocycles. The van der Waals surface area contributed by atoms with Gasteiger partial charge in [0.2, 0.25) is 5.78 Å². The van der Waals surface area contributed by atoms with Crippen LogP contribution in [0.3, 0.4) is 0 Å². The molecule has 2 rings (SSSR count). The lowest BCUT2D eigenvalue weighted by atomic mass is 10.1. The van der Waals surface area contributed by atoms with Crippen LogP contribution in [0.2, 0.25) is 0 Å². The first-order chi connectivity index (χ1) is 8.54. The van der Waals surface area contributed by atoms with E-state index >= 15 is 0 Å². The summed E-state index contributed by atoms with van der Waals surface area (Å²) in [6.45, 7) is 2.54. The standard InChI is InChI=1S/C12H11BrFN3O/c1-2-17-4-3-16-12(17)11(18)7-5-10(15)9(14)6-8(7)13/h3-6H,2,15H2,1H3. The predicted octanol–water partition coefficient (Wildman–Crippen LogP) is 2.62. The minimum absolute atomic E-state index is 0.0591. The number of aryl methyl sites for hydroxylation is 1. The number of nitrogen functional groups attached to an aromatic ring is 1. The number of carbonyl (C=O) groups is 1. The number of ketones is 1. The normalized spacial score (nSPS) is 10.6. The summed E-state index contributed by atoms with van der Waals surface area (Å²) < 4.78 is 15.3. The number of nitrogens with zero attached hydrogens (tertiary/aromatic N) is 2. The number of benzene rings is 1. The summed E-state index contributed by atoms with van der Waals surface area (Å²) in [7, 11) is 0. The number of hydrogen-bond acceptors (Lipinski definition) is 3. The second kappa shape index (κ2) is 4.89. The lowest BCUT2D eigenvalue weighted by Crippen LogP contribution is -2.12. The van der Waals surface area contributed by atoms with Crippen LogP contribution in [-0.4, -0.2) is 15.3 Å². The van der Waals surface area contributed by atoms with Gasteiger partial charge in [-0.05, 0) is 35.0 Å². The van der Waals surface area contributed by atoms with Crippen molar-refractivity contribution >= 4 is 27.4 Å². The molecule has 0 spiro atoms. The highest BCUT2D eigenvalue weighted by Gasteiger charge is 2.19. The number of rotatable bonds is 3. The van der Waals surface area contributed by atoms with Gasteiger partial charge < -0.3 is 10.3 Å². The summed E-state index contributed by atoms with van der Waals surface area (Å²) in [4.78, 5) is 16.3. The number of nitrogens with two attached hydrogens (primary N) is 1. The molecule has 94 valence electrons. The molecule has 1 heterocycles. The van der Waals surface area contributed by atoms with Crippen molar-refractivity contribution in [2.45, 2.75) is 13.5 Å². The lowest BCUT2D eigenvalue weighted by molar-refractivity contribution is 0.102. The molecule has 6 heteroatoms. The van der Waals surface area contributed by atoms with Gasteiger partial charge in [0.05, 0.1) is 5.69 Å². The quantitative estimate of drug-likeness (QED) is 0.700. The smallest absolute Gasteiger partial charge is 0.229 e. The van der Waals surface area contributed by atoms with E-state index in [4.69, 9.17) is 5.73 Å². The Morgan fingerprint density at radius 1 is 1.56 bits per heavy atom. The van der Waals surface area contributed by atoms with Crippen LogP contribution in [0.15, 0.2) is 29.0 Å². The maximum atomic E-state index is 13.2. The van der Waals surface area contributed by atoms with Crippen molar-refractivity contribution in [3.8, 4) is 0 Å². The molecule has 18 heavy (non-hydrogen) atoms. The molecule has 2 N–H and O–H groups in total. The van der Waals surface area contributed by atoms with Crippen LogP contribution in [0, 0.1) is 5.82 Å². The molecule has 1 aromatic carbocycles. The van der Waals surface area contributed by atoms with Crippen molar-refractivity contribution in [2.75, 3.05) is 5.73 Å². The first-order valence-electron chi connectivity index (χ1n) is 5.35. The fraction of sp³-hybridized carbons (Fsp3) is 0.167. The molecular formula is C12H11BrFN3O. The van der Waals surface area contributed by atoms with Crippen LogP contribution in [-0.2, 0) is 6.54 Å². The fourth-order valence-electron chi connectivity index (χ4n) is 1.63. The first-order valence-corrected chi connectivity index (χ1v) is 6.14. The Hall–Kier alpha value is -1.69. The van der Waals surface area contributed by atoms with Crippen molar-refractivity contribution in [1.29, 1.82) is 0 Å². The minimum atomic E-state index is -0.558. The van der Waals surface area contributed by atoms with Gasteiger partial charge in [-0.1, -0.05) is 0 Å². The summed E-state index contributed by atoms with van der Waals surface area (Å²) in [6.07, 6.45) is 3.27. The van der Waals surface area contributed by atoms with E-state index < -0.39 is 5.82 Å². The molecule has 0 radical (unpaired) electrons. The number of carbonyl (C=O) groups excluding carboxylic acids is 1. The minimum Gasteiger partial charge on any atom is -0.396 e. The number of imidazole rings is 1. The molecule has 1 aromatic heterocycles. The van der Waals surface area contributed by atoms with E-state index in [-0.39, 0.29) is 11.5 Å². The third-order valence-corrected chi connectivity index (χ3v) is 3.25. The van der Waals surface area contributed by atoms with E-state index in [0.717, 1.165) is 0 Å². The third kappa shape index (κ3) is 2.15. The van der Waals surface area contributed by atoms with E-state index in [1.54, 1.807) is 17.0 Å². The molecule has 0 bridgehead atoms. The first kappa shape index (κ1) is 12.8. The highest BCUT2D eigenvalue weighted by atomic mass is 79.9. The summed E-state index contributed by atoms with van der Waals surface area (Å²) in [5.74, 6) is -0.540. The van der Waals surface area contributed by atoms with Crippen LogP contribution in [0.4, 0.5) is 10.1 Å². The molecule has 4 nitrogen and oxygen atoms in total. The van der Waals surface area contributed by atoms with Crippen molar-refractivity contribution in [2.24, 2.45) is 0 Å². The lowest BCUT2D eigenvalue weighted by Gasteiger charge is -2.07. The van der Waals surface area contributed by atoms with Crippen molar-refractivity contribution in [3.05, 3.63) is 46.2 Å². The molecule has 0 amide bonds. The van der Waals surface area contributed by atoms with Crippen molar-refractivity contribution in [3.63, 3.8) is 0 Å². The van der Waals surface area contributed by atoms with Gasteiger partial charge in [0.1, 0.15) is 5.82 Å². The third-order valence-electron chi connectivity index (χ3n) is 2.59. The van der Waals surface area contributed by atoms with Crippen molar-refractivity contribution < 1.29 is 9.18 Å². The number of hydrogen-bond donors (Lipinski definition) is 1. The van der Waals surface area contributed by atoms with E-state index in [9.17, 15) is 9.18 Å². The highest BCUT2D eigenvalue weighted by Crippen LogP contribution is 2.24. The summed E-state index contributed by atoms with van der Waals surface area (Å²) in [5.41, 5.74) is 5.72. The molecule has 0 unspecified atom stereocenters. The molecule has 0 fully saturated rings. The zero-order valence-electron chi connectivity index (χ0n) is 9.65. The Labute approximate surface area is 112 Å². The zero-order chi connectivity index (χ0) is 13.3. The maximum Gasteiger partial charge on any atom is 0.229 e. The molecule has 0 saturated carbocycles. The van der Waals surface area contributed by atoms with Gasteiger partial charge in [-0.2, -0.15) is 0 Å². The summed E-state index contributed by atoms with van der Waals surface area (Å²) in [5, 5.41) is 0. The Kier molecular flexibility index (Phi) is 3.47. The Balaban J connectivity index is 2.50. The average molecular weight is 312 g/mol. The molecule has 0 aliphatic rings. The summed E-state index contributed by atoms with van der Waals surface area (Å²) >= 11 is 3.16. The van der Waals surface area contributed by atoms with Gasteiger partial charge in [0, 0.05) is 29.0 Å². The Morgan fingerprint density at radius 2 is 2.28 bits per heavy atom. The number of anilines is 1. The van der Waals surface area contributed by atoms with Crippen LogP contribution >= 0.6 is 15.9 Å². The number of halogens is 2. The Morgan fingerprint density at radius 3 is 2.94 bits per heavy atom. The second-order valence-corrected chi connectivity index (χ2v) is 4.57. The molecular weight excluding hydrogens is 301 g/mol. The van der Waals surface area contributed by atoms with Gasteiger partial charge >= 0.3 is 0 Å². The molecule has 2 aromatic rings. The van der Waals surface area contributed by atoms with Gasteiger partial charge in [0.25, 0.3) is 0 Å². The highest BCUT2D eigenvalue weighted by molar-refractivity contribution is 9.10. The molecule has 0 aliphatic heterocycles. The molecule has 0 saturated heterocycles. The largest absolute Gasteiger partial charge is 0.396 e. The van der Waals surface area contributed by atoms with E-state index in [1.165, 1.54) is 12.1 Å². The van der Waals surface area contributed by atoms with E-state index in [1.807, 2.05) is 6.92 Å². The fourth-order valence-corrected chi connectivity index (χ4v) is 2.13. The van der Waals surface area contributed by atoms with Crippen LogP contribution in [0.5, 0.6) is 0 Å². The van der Waals surface area contributed by atoms with Crippen LogP contribution in [0.25, 0.3) is 0 Å². The van der Waals surface area contributed by atoms with Gasteiger partial charge in [-0.3, -0.25) is 4.79 Å². The van der Waals surface area contributed by atoms with Gasteiger partial charge in [-0.15, -0.1) is 0 Å². The topological polar surface area (TPSA) is 60.9 Å². The van der Waals surface area contributed by atoms with E-state index in [2.05, 4.69) is 20.9 Å². The number of aromatic nitrogens is 2. The van der Waals surface area contributed by atoms with Gasteiger partial charge in [-0.25, -0.2) is 9.37 Å². The van der Waals surface area contributed by atoms with Crippen molar-refractivity contribution in [1.82, 2.24) is 9.55 Å². The summed E-state index contributed by atoms with van der Waals surface area (Å²) in [6, 6.07) is 2.50. The van der Waals surface area contributed by atoms with E-state index in [0.29, 0.717) is 22.4 Å². The second-order valence-electron chi connectivity index (χ2n) is 3.72. The van der Waals surface area contributed by atoms with Crippen LogP contribution in [0.1, 0.15) is 23.1 Å². The van der Waals surface area contributed by atoms with Crippen LogP contribution < -0.4 is 5.73 Å². The zero-order valence-corrected chi connectivity index (χ0v) is 11.2. The monoisotopic (exact) mass is 311 g/mol. The Bertz CT molecular complexity index is 609. The van der Waals surface area contributed by atoms with Gasteiger partial charge in [0.15, 0.2) is 5.82 Å².